The van der Waals surface area contributed by atoms with E-state index in [9.17, 15) is 14.9 Å². The van der Waals surface area contributed by atoms with Crippen molar-refractivity contribution in [1.82, 2.24) is 0 Å². The molecule has 0 bridgehead atoms. The van der Waals surface area contributed by atoms with Crippen LogP contribution >= 0.6 is 0 Å². The maximum atomic E-state index is 10.4. The lowest BCUT2D eigenvalue weighted by Gasteiger charge is -1.97. The molecule has 0 aromatic heterocycles. The van der Waals surface area contributed by atoms with E-state index >= 15 is 0 Å². The number of nitrogens with two attached hydrogens (primary N) is 1. The Morgan fingerprint density at radius 2 is 2.36 bits per heavy atom. The summed E-state index contributed by atoms with van der Waals surface area (Å²) in [5.74, 6) is -0.931. The van der Waals surface area contributed by atoms with Gasteiger partial charge in [-0.15, -0.1) is 0 Å². The lowest BCUT2D eigenvalue weighted by molar-refractivity contribution is -0.494. The minimum Gasteiger partial charge on any atom is -0.363 e. The molecule has 0 radical (unpaired) electrons. The maximum Gasteiger partial charge on any atom is 0.307 e. The lowest BCUT2D eigenvalue weighted by atomic mass is 10.2. The molecular weight excluding hydrogens is 148 g/mol. The second-order valence-corrected chi connectivity index (χ2v) is 1.97. The largest absolute Gasteiger partial charge is 0.363 e. The summed E-state index contributed by atoms with van der Waals surface area (Å²) in [6, 6.07) is -1.38. The van der Waals surface area contributed by atoms with Gasteiger partial charge < -0.3 is 5.73 Å². The third kappa shape index (κ3) is 3.34. The second kappa shape index (κ2) is 4.43. The predicted octanol–water partition coefficient (Wildman–Crippen LogP) is 0.0832. The first kappa shape index (κ1) is 9.61. The first-order chi connectivity index (χ1) is 5.09. The van der Waals surface area contributed by atoms with Crippen LogP contribution in [-0.4, -0.2) is 16.9 Å². The van der Waals surface area contributed by atoms with E-state index in [1.165, 1.54) is 12.2 Å². The monoisotopic (exact) mass is 158 g/mol. The molecule has 0 aliphatic carbocycles. The Kier molecular flexibility index (Phi) is 3.87. The van der Waals surface area contributed by atoms with Crippen molar-refractivity contribution in [2.75, 3.05) is 0 Å². The molecular formula is C6H10N2O3. The molecule has 0 saturated carbocycles. The molecule has 0 heterocycles. The van der Waals surface area contributed by atoms with Crippen LogP contribution in [0.5, 0.6) is 0 Å². The summed E-state index contributed by atoms with van der Waals surface area (Å²) in [6.07, 6.45) is 3.39. The molecule has 0 aliphatic rings. The number of carbonyl (C=O) groups excluding carboxylic acids is 1. The molecule has 1 atom stereocenters. The average molecular weight is 158 g/mol. The van der Waals surface area contributed by atoms with Crippen molar-refractivity contribution in [2.45, 2.75) is 19.4 Å². The molecule has 0 fully saturated rings. The van der Waals surface area contributed by atoms with Crippen molar-refractivity contribution in [1.29, 1.82) is 0 Å². The number of nitro groups is 1. The summed E-state index contributed by atoms with van der Waals surface area (Å²) in [7, 11) is 0. The molecule has 0 aromatic carbocycles. The molecule has 5 heteroatoms. The van der Waals surface area contributed by atoms with E-state index in [1.807, 2.05) is 6.92 Å². The molecule has 0 rings (SSSR count). The van der Waals surface area contributed by atoms with Crippen LogP contribution in [0.25, 0.3) is 0 Å². The van der Waals surface area contributed by atoms with Crippen LogP contribution in [0.2, 0.25) is 0 Å². The summed E-state index contributed by atoms with van der Waals surface area (Å²) in [4.78, 5) is 19.8. The number of amides is 1. The molecule has 1 amide bonds. The molecule has 0 aromatic rings. The van der Waals surface area contributed by atoms with Crippen molar-refractivity contribution < 1.29 is 9.72 Å². The third-order valence-corrected chi connectivity index (χ3v) is 1.07. The molecule has 0 saturated heterocycles. The van der Waals surface area contributed by atoms with Gasteiger partial charge in [-0.25, -0.2) is 0 Å². The van der Waals surface area contributed by atoms with Crippen molar-refractivity contribution in [3.05, 3.63) is 22.3 Å². The van der Waals surface area contributed by atoms with Crippen molar-refractivity contribution in [2.24, 2.45) is 5.73 Å². The number of rotatable bonds is 4. The lowest BCUT2D eigenvalue weighted by Crippen LogP contribution is -2.33. The quantitative estimate of drug-likeness (QED) is 0.357. The van der Waals surface area contributed by atoms with Gasteiger partial charge in [0.2, 0.25) is 0 Å². The molecule has 0 aliphatic heterocycles. The number of hydrogen-bond acceptors (Lipinski definition) is 3. The van der Waals surface area contributed by atoms with Gasteiger partial charge >= 0.3 is 6.04 Å². The van der Waals surface area contributed by atoms with E-state index in [0.717, 1.165) is 0 Å². The fraction of sp³-hybridized carbons (Fsp3) is 0.500. The molecule has 11 heavy (non-hydrogen) atoms. The van der Waals surface area contributed by atoms with Crippen molar-refractivity contribution >= 4 is 5.91 Å². The number of allylic oxidation sites excluding steroid dienone is 1. The molecule has 0 spiro atoms. The van der Waals surface area contributed by atoms with Crippen LogP contribution < -0.4 is 5.73 Å². The van der Waals surface area contributed by atoms with Gasteiger partial charge in [-0.1, -0.05) is 13.0 Å². The smallest absolute Gasteiger partial charge is 0.307 e. The summed E-state index contributed by atoms with van der Waals surface area (Å²) in [5.41, 5.74) is 4.75. The predicted molar refractivity (Wildman–Crippen MR) is 39.4 cm³/mol. The van der Waals surface area contributed by atoms with Gasteiger partial charge in [-0.05, 0) is 12.5 Å². The zero-order chi connectivity index (χ0) is 8.85. The van der Waals surface area contributed by atoms with Gasteiger partial charge in [0.1, 0.15) is 0 Å². The topological polar surface area (TPSA) is 86.2 Å². The third-order valence-electron chi connectivity index (χ3n) is 1.07. The Balaban J connectivity index is 4.23. The SMILES string of the molecule is CC/C=C/C(C(N)=O)[N+](=O)[O-]. The Morgan fingerprint density at radius 1 is 1.82 bits per heavy atom. The zero-order valence-electron chi connectivity index (χ0n) is 6.19. The van der Waals surface area contributed by atoms with E-state index in [-0.39, 0.29) is 0 Å². The maximum absolute atomic E-state index is 10.4. The standard InChI is InChI=1S/C6H10N2O3/c1-2-3-4-5(6(7)9)8(10)11/h3-5H,2H2,1H3,(H2,7,9)/b4-3+. The summed E-state index contributed by atoms with van der Waals surface area (Å²) in [5, 5.41) is 10.1. The van der Waals surface area contributed by atoms with E-state index < -0.39 is 16.9 Å². The Labute approximate surface area is 64.0 Å². The van der Waals surface area contributed by atoms with Gasteiger partial charge in [0.25, 0.3) is 5.91 Å². The van der Waals surface area contributed by atoms with Gasteiger partial charge in [-0.3, -0.25) is 14.9 Å². The van der Waals surface area contributed by atoms with Crippen LogP contribution in [0, 0.1) is 10.1 Å². The Bertz CT molecular complexity index is 174. The second-order valence-electron chi connectivity index (χ2n) is 1.97. The Hall–Kier alpha value is -1.39. The fourth-order valence-corrected chi connectivity index (χ4v) is 0.534. The van der Waals surface area contributed by atoms with Crippen molar-refractivity contribution in [3.63, 3.8) is 0 Å². The number of nitrogens with zero attached hydrogens (tertiary/aromatic N) is 1. The summed E-state index contributed by atoms with van der Waals surface area (Å²) >= 11 is 0. The van der Waals surface area contributed by atoms with Gasteiger partial charge in [-0.2, -0.15) is 0 Å². The molecule has 1 unspecified atom stereocenters. The van der Waals surface area contributed by atoms with Crippen molar-refractivity contribution in [3.8, 4) is 0 Å². The number of hydrogen-bond donors (Lipinski definition) is 1. The average Bonchev–Trinajstić information content (AvgIpc) is 1.87. The Morgan fingerprint density at radius 3 is 2.64 bits per heavy atom. The highest BCUT2D eigenvalue weighted by atomic mass is 16.6. The fourth-order valence-electron chi connectivity index (χ4n) is 0.534. The normalized spacial score (nSPS) is 13.2. The minimum absolute atomic E-state index is 0.650. The number of carbonyl (C=O) groups is 1. The summed E-state index contributed by atoms with van der Waals surface area (Å²) in [6.45, 7) is 1.81. The van der Waals surface area contributed by atoms with Gasteiger partial charge in [0, 0.05) is 4.92 Å². The highest BCUT2D eigenvalue weighted by Gasteiger charge is 2.22. The highest BCUT2D eigenvalue weighted by Crippen LogP contribution is 1.92. The van der Waals surface area contributed by atoms with E-state index in [1.54, 1.807) is 0 Å². The molecule has 62 valence electrons. The van der Waals surface area contributed by atoms with Crippen LogP contribution in [0.15, 0.2) is 12.2 Å². The zero-order valence-corrected chi connectivity index (χ0v) is 6.19. The first-order valence-corrected chi connectivity index (χ1v) is 3.19. The van der Waals surface area contributed by atoms with Crippen LogP contribution in [-0.2, 0) is 4.79 Å². The van der Waals surface area contributed by atoms with E-state index in [2.05, 4.69) is 0 Å². The van der Waals surface area contributed by atoms with E-state index in [0.29, 0.717) is 6.42 Å². The highest BCUT2D eigenvalue weighted by molar-refractivity contribution is 5.80. The van der Waals surface area contributed by atoms with E-state index in [4.69, 9.17) is 5.73 Å². The first-order valence-electron chi connectivity index (χ1n) is 3.19. The molecule has 5 nitrogen and oxygen atoms in total. The number of primary amides is 1. The van der Waals surface area contributed by atoms with Gasteiger partial charge in [0.05, 0.1) is 0 Å². The summed E-state index contributed by atoms with van der Waals surface area (Å²) < 4.78 is 0. The minimum atomic E-state index is -1.38. The molecule has 2 N–H and O–H groups in total. The van der Waals surface area contributed by atoms with Gasteiger partial charge in [0.15, 0.2) is 0 Å². The van der Waals surface area contributed by atoms with Crippen LogP contribution in [0.1, 0.15) is 13.3 Å². The van der Waals surface area contributed by atoms with Crippen LogP contribution in [0.4, 0.5) is 0 Å². The van der Waals surface area contributed by atoms with Crippen LogP contribution in [0.3, 0.4) is 0 Å².